The number of rotatable bonds is 4. The van der Waals surface area contributed by atoms with Gasteiger partial charge in [0.2, 0.25) is 0 Å². The summed E-state index contributed by atoms with van der Waals surface area (Å²) in [7, 11) is 1.65. The first-order valence-electron chi connectivity index (χ1n) is 11.0. The molecule has 0 spiro atoms. The Kier molecular flexibility index (Phi) is 5.57. The molecule has 0 aliphatic carbocycles. The normalized spacial score (nSPS) is 16.1. The van der Waals surface area contributed by atoms with Crippen LogP contribution in [0.15, 0.2) is 77.2 Å². The number of thioether (sulfide) groups is 1. The third-order valence-electron chi connectivity index (χ3n) is 5.71. The van der Waals surface area contributed by atoms with Gasteiger partial charge in [0.05, 0.1) is 28.7 Å². The molecule has 35 heavy (non-hydrogen) atoms. The van der Waals surface area contributed by atoms with Crippen LogP contribution < -0.4 is 19.1 Å². The first-order chi connectivity index (χ1) is 17.2. The number of hydrogen-bond acceptors (Lipinski definition) is 8. The molecule has 0 saturated carbocycles. The predicted molar refractivity (Wildman–Crippen MR) is 141 cm³/mol. The molecule has 2 aliphatic heterocycles. The zero-order chi connectivity index (χ0) is 23.8. The lowest BCUT2D eigenvalue weighted by Crippen LogP contribution is -2.18. The molecular formula is C27H19N3O3S2. The van der Waals surface area contributed by atoms with Crippen molar-refractivity contribution in [3.63, 3.8) is 0 Å². The first kappa shape index (κ1) is 21.6. The Morgan fingerprint density at radius 2 is 1.89 bits per heavy atom. The van der Waals surface area contributed by atoms with Gasteiger partial charge in [-0.1, -0.05) is 30.0 Å². The second-order valence-electron chi connectivity index (χ2n) is 7.79. The maximum absolute atomic E-state index is 10.3. The van der Waals surface area contributed by atoms with Crippen LogP contribution in [-0.4, -0.2) is 25.3 Å². The average Bonchev–Trinajstić information content (AvgIpc) is 3.54. The molecule has 0 bridgehead atoms. The molecule has 3 heterocycles. The minimum absolute atomic E-state index is 0.519. The van der Waals surface area contributed by atoms with Crippen LogP contribution in [0, 0.1) is 11.3 Å². The van der Waals surface area contributed by atoms with E-state index in [2.05, 4.69) is 16.4 Å². The standard InChI is InChI=1S/C27H19N3O3S2/c1-31-19-6-4-5-18(14-19)30-22(17-9-10-23-24(13-17)33-12-11-32-23)16-34-27(30)20(15-28)26-29-21-7-2-3-8-25(21)35-26/h2-10,13-14,16H,11-12H2,1H3. The van der Waals surface area contributed by atoms with Crippen molar-refractivity contribution >= 4 is 50.3 Å². The SMILES string of the molecule is COc1cccc(N2C(c3ccc4c(c3)OCCO4)=CSC2=C(C#N)c2nc3ccccc3s2)c1. The summed E-state index contributed by atoms with van der Waals surface area (Å²) in [6.07, 6.45) is 0. The molecule has 4 aromatic rings. The van der Waals surface area contributed by atoms with E-state index in [9.17, 15) is 5.26 Å². The summed E-state index contributed by atoms with van der Waals surface area (Å²) in [5.41, 5.74) is 4.20. The van der Waals surface area contributed by atoms with E-state index in [4.69, 9.17) is 19.2 Å². The lowest BCUT2D eigenvalue weighted by molar-refractivity contribution is 0.171. The molecule has 6 rings (SSSR count). The van der Waals surface area contributed by atoms with E-state index >= 15 is 0 Å². The number of hydrogen-bond donors (Lipinski definition) is 0. The molecular weight excluding hydrogens is 478 g/mol. The number of ether oxygens (including phenoxy) is 3. The van der Waals surface area contributed by atoms with Crippen molar-refractivity contribution in [3.05, 3.63) is 87.7 Å². The maximum Gasteiger partial charge on any atom is 0.162 e. The lowest BCUT2D eigenvalue weighted by Gasteiger charge is -2.26. The van der Waals surface area contributed by atoms with E-state index in [1.54, 1.807) is 7.11 Å². The zero-order valence-electron chi connectivity index (χ0n) is 18.7. The highest BCUT2D eigenvalue weighted by Gasteiger charge is 2.30. The second-order valence-corrected chi connectivity index (χ2v) is 9.68. The van der Waals surface area contributed by atoms with Gasteiger partial charge in [-0.15, -0.1) is 11.3 Å². The fourth-order valence-corrected chi connectivity index (χ4v) is 6.13. The molecule has 172 valence electrons. The van der Waals surface area contributed by atoms with Crippen molar-refractivity contribution in [2.75, 3.05) is 25.2 Å². The fraction of sp³-hybridized carbons (Fsp3) is 0.111. The monoisotopic (exact) mass is 497 g/mol. The third kappa shape index (κ3) is 3.89. The van der Waals surface area contributed by atoms with Gasteiger partial charge in [-0.25, -0.2) is 4.98 Å². The number of benzene rings is 3. The number of nitrogens with zero attached hydrogens (tertiary/aromatic N) is 3. The Bertz CT molecular complexity index is 1520. The van der Waals surface area contributed by atoms with Gasteiger partial charge in [-0.2, -0.15) is 5.26 Å². The summed E-state index contributed by atoms with van der Waals surface area (Å²) < 4.78 is 18.1. The quantitative estimate of drug-likeness (QED) is 0.297. The van der Waals surface area contributed by atoms with E-state index in [1.165, 1.54) is 23.1 Å². The number of fused-ring (bicyclic) bond motifs is 2. The third-order valence-corrected chi connectivity index (χ3v) is 7.71. The largest absolute Gasteiger partial charge is 0.497 e. The van der Waals surface area contributed by atoms with Crippen LogP contribution in [-0.2, 0) is 0 Å². The van der Waals surface area contributed by atoms with Gasteiger partial charge in [0, 0.05) is 17.0 Å². The second kappa shape index (κ2) is 9.02. The Balaban J connectivity index is 1.51. The summed E-state index contributed by atoms with van der Waals surface area (Å²) in [5, 5.41) is 13.8. The van der Waals surface area contributed by atoms with E-state index in [0.717, 1.165) is 43.7 Å². The summed E-state index contributed by atoms with van der Waals surface area (Å²) in [5.74, 6) is 2.19. The van der Waals surface area contributed by atoms with Gasteiger partial charge < -0.3 is 19.1 Å². The number of methoxy groups -OCH3 is 1. The molecule has 0 amide bonds. The number of aromatic nitrogens is 1. The van der Waals surface area contributed by atoms with Crippen molar-refractivity contribution in [1.82, 2.24) is 4.98 Å². The molecule has 6 nitrogen and oxygen atoms in total. The molecule has 0 unspecified atom stereocenters. The first-order valence-corrected chi connectivity index (χ1v) is 12.7. The molecule has 3 aromatic carbocycles. The highest BCUT2D eigenvalue weighted by Crippen LogP contribution is 2.48. The lowest BCUT2D eigenvalue weighted by atomic mass is 10.1. The predicted octanol–water partition coefficient (Wildman–Crippen LogP) is 6.52. The van der Waals surface area contributed by atoms with Gasteiger partial charge >= 0.3 is 0 Å². The highest BCUT2D eigenvalue weighted by molar-refractivity contribution is 8.06. The number of para-hydroxylation sites is 1. The highest BCUT2D eigenvalue weighted by atomic mass is 32.2. The van der Waals surface area contributed by atoms with E-state index < -0.39 is 0 Å². The molecule has 0 N–H and O–H groups in total. The van der Waals surface area contributed by atoms with Crippen molar-refractivity contribution < 1.29 is 14.2 Å². The Morgan fingerprint density at radius 1 is 1.03 bits per heavy atom. The Hall–Kier alpha value is -3.93. The van der Waals surface area contributed by atoms with Gasteiger partial charge in [-0.3, -0.25) is 0 Å². The van der Waals surface area contributed by atoms with Crippen molar-refractivity contribution in [2.24, 2.45) is 0 Å². The van der Waals surface area contributed by atoms with Crippen molar-refractivity contribution in [3.8, 4) is 23.3 Å². The summed E-state index contributed by atoms with van der Waals surface area (Å²) in [6, 6.07) is 24.1. The maximum atomic E-state index is 10.3. The topological polar surface area (TPSA) is 67.6 Å². The Morgan fingerprint density at radius 3 is 2.71 bits per heavy atom. The van der Waals surface area contributed by atoms with Crippen molar-refractivity contribution in [2.45, 2.75) is 0 Å². The number of allylic oxidation sites excluding steroid dienone is 1. The van der Waals surface area contributed by atoms with Crippen LogP contribution in [0.4, 0.5) is 5.69 Å². The van der Waals surface area contributed by atoms with Gasteiger partial charge in [0.25, 0.3) is 0 Å². The fourth-order valence-electron chi connectivity index (χ4n) is 4.07. The molecule has 8 heteroatoms. The van der Waals surface area contributed by atoms with Crippen LogP contribution in [0.5, 0.6) is 17.2 Å². The van der Waals surface area contributed by atoms with Crippen LogP contribution in [0.3, 0.4) is 0 Å². The molecule has 1 aromatic heterocycles. The average molecular weight is 498 g/mol. The number of nitriles is 1. The van der Waals surface area contributed by atoms with Crippen LogP contribution in [0.1, 0.15) is 10.6 Å². The van der Waals surface area contributed by atoms with Crippen LogP contribution in [0.25, 0.3) is 21.5 Å². The summed E-state index contributed by atoms with van der Waals surface area (Å²) in [6.45, 7) is 1.06. The summed E-state index contributed by atoms with van der Waals surface area (Å²) in [4.78, 5) is 6.85. The number of anilines is 1. The molecule has 0 atom stereocenters. The van der Waals surface area contributed by atoms with E-state index in [1.807, 2.05) is 66.7 Å². The number of thiazole rings is 1. The molecule has 0 radical (unpaired) electrons. The Labute approximate surface area is 210 Å². The summed E-state index contributed by atoms with van der Waals surface area (Å²) >= 11 is 3.03. The van der Waals surface area contributed by atoms with E-state index in [0.29, 0.717) is 29.5 Å². The van der Waals surface area contributed by atoms with Crippen molar-refractivity contribution in [1.29, 1.82) is 5.26 Å². The van der Waals surface area contributed by atoms with E-state index in [-0.39, 0.29) is 0 Å². The van der Waals surface area contributed by atoms with Crippen LogP contribution >= 0.6 is 23.1 Å². The minimum Gasteiger partial charge on any atom is -0.497 e. The van der Waals surface area contributed by atoms with Gasteiger partial charge in [0.15, 0.2) is 11.5 Å². The van der Waals surface area contributed by atoms with Gasteiger partial charge in [0.1, 0.15) is 40.6 Å². The van der Waals surface area contributed by atoms with Crippen LogP contribution in [0.2, 0.25) is 0 Å². The molecule has 0 fully saturated rings. The zero-order valence-corrected chi connectivity index (χ0v) is 20.4. The smallest absolute Gasteiger partial charge is 0.162 e. The minimum atomic E-state index is 0.519. The van der Waals surface area contributed by atoms with Gasteiger partial charge in [-0.05, 0) is 42.5 Å². The molecule has 0 saturated heterocycles. The molecule has 2 aliphatic rings.